The van der Waals surface area contributed by atoms with Crippen molar-refractivity contribution in [2.75, 3.05) is 31.5 Å². The third-order valence-electron chi connectivity index (χ3n) is 3.64. The van der Waals surface area contributed by atoms with Crippen molar-refractivity contribution >= 4 is 11.6 Å². The number of piperazine rings is 1. The molecule has 0 aromatic heterocycles. The Hall–Kier alpha value is -1.39. The second-order valence-corrected chi connectivity index (χ2v) is 5.64. The summed E-state index contributed by atoms with van der Waals surface area (Å²) in [5, 5.41) is 6.32. The van der Waals surface area contributed by atoms with Gasteiger partial charge in [-0.3, -0.25) is 9.69 Å². The van der Waals surface area contributed by atoms with Crippen LogP contribution in [0.15, 0.2) is 30.3 Å². The van der Waals surface area contributed by atoms with Crippen molar-refractivity contribution in [1.82, 2.24) is 10.2 Å². The molecule has 1 fully saturated rings. The summed E-state index contributed by atoms with van der Waals surface area (Å²) in [5.74, 6) is 0.0838. The maximum absolute atomic E-state index is 11.9. The number of nitrogens with zero attached hydrogens (tertiary/aromatic N) is 1. The quantitative estimate of drug-likeness (QED) is 0.867. The summed E-state index contributed by atoms with van der Waals surface area (Å²) in [7, 11) is 0. The van der Waals surface area contributed by atoms with E-state index in [4.69, 9.17) is 0 Å². The lowest BCUT2D eigenvalue weighted by atomic mass is 10.00. The lowest BCUT2D eigenvalue weighted by molar-refractivity contribution is -0.116. The van der Waals surface area contributed by atoms with Crippen LogP contribution < -0.4 is 10.6 Å². The van der Waals surface area contributed by atoms with Gasteiger partial charge in [0, 0.05) is 43.8 Å². The van der Waals surface area contributed by atoms with Crippen molar-refractivity contribution in [2.45, 2.75) is 25.8 Å². The fourth-order valence-corrected chi connectivity index (χ4v) is 2.42. The lowest BCUT2D eigenvalue weighted by Gasteiger charge is -2.42. The molecule has 0 atom stereocenters. The SMILES string of the molecule is CC1(C)CNCCN1CCC(=O)Nc1ccccc1. The molecule has 2 rings (SSSR count). The molecule has 4 heteroatoms. The molecule has 1 aliphatic heterocycles. The highest BCUT2D eigenvalue weighted by atomic mass is 16.1. The fraction of sp³-hybridized carbons (Fsp3) is 0.533. The van der Waals surface area contributed by atoms with E-state index in [-0.39, 0.29) is 11.4 Å². The van der Waals surface area contributed by atoms with Crippen LogP contribution in [-0.2, 0) is 4.79 Å². The van der Waals surface area contributed by atoms with E-state index in [9.17, 15) is 4.79 Å². The van der Waals surface area contributed by atoms with Gasteiger partial charge >= 0.3 is 0 Å². The standard InChI is InChI=1S/C15H23N3O/c1-15(2)12-16-9-11-18(15)10-8-14(19)17-13-6-4-3-5-7-13/h3-7,16H,8-12H2,1-2H3,(H,17,19). The zero-order chi connectivity index (χ0) is 13.7. The molecular weight excluding hydrogens is 238 g/mol. The summed E-state index contributed by atoms with van der Waals surface area (Å²) in [5.41, 5.74) is 0.998. The van der Waals surface area contributed by atoms with Crippen LogP contribution in [0.25, 0.3) is 0 Å². The minimum Gasteiger partial charge on any atom is -0.326 e. The first kappa shape index (κ1) is 14.0. The number of rotatable bonds is 4. The van der Waals surface area contributed by atoms with Gasteiger partial charge in [-0.05, 0) is 26.0 Å². The number of hydrogen-bond donors (Lipinski definition) is 2. The molecule has 2 N–H and O–H groups in total. The Kier molecular flexibility index (Phi) is 4.56. The van der Waals surface area contributed by atoms with Gasteiger partial charge in [-0.25, -0.2) is 0 Å². The Morgan fingerprint density at radius 2 is 2.11 bits per heavy atom. The number of hydrogen-bond acceptors (Lipinski definition) is 3. The van der Waals surface area contributed by atoms with Crippen LogP contribution in [0, 0.1) is 0 Å². The molecule has 0 bridgehead atoms. The normalized spacial score (nSPS) is 19.1. The van der Waals surface area contributed by atoms with Crippen LogP contribution in [0.1, 0.15) is 20.3 Å². The summed E-state index contributed by atoms with van der Waals surface area (Å²) in [6.45, 7) is 8.23. The van der Waals surface area contributed by atoms with Crippen LogP contribution in [0.5, 0.6) is 0 Å². The second-order valence-electron chi connectivity index (χ2n) is 5.64. The van der Waals surface area contributed by atoms with E-state index in [2.05, 4.69) is 29.4 Å². The molecule has 0 radical (unpaired) electrons. The Morgan fingerprint density at radius 3 is 2.79 bits per heavy atom. The van der Waals surface area contributed by atoms with Crippen molar-refractivity contribution in [3.63, 3.8) is 0 Å². The molecule has 1 aliphatic rings. The molecule has 0 spiro atoms. The maximum Gasteiger partial charge on any atom is 0.225 e. The van der Waals surface area contributed by atoms with Crippen molar-refractivity contribution in [3.8, 4) is 0 Å². The first-order valence-electron chi connectivity index (χ1n) is 6.89. The molecule has 0 saturated carbocycles. The molecule has 0 unspecified atom stereocenters. The fourth-order valence-electron chi connectivity index (χ4n) is 2.42. The van der Waals surface area contributed by atoms with Crippen molar-refractivity contribution < 1.29 is 4.79 Å². The van der Waals surface area contributed by atoms with Gasteiger partial charge in [0.2, 0.25) is 5.91 Å². The Morgan fingerprint density at radius 1 is 1.37 bits per heavy atom. The summed E-state index contributed by atoms with van der Waals surface area (Å²) in [4.78, 5) is 14.3. The van der Waals surface area contributed by atoms with E-state index in [0.29, 0.717) is 6.42 Å². The molecule has 1 amide bonds. The Bertz CT molecular complexity index is 417. The second kappa shape index (κ2) is 6.17. The van der Waals surface area contributed by atoms with Crippen molar-refractivity contribution in [3.05, 3.63) is 30.3 Å². The lowest BCUT2D eigenvalue weighted by Crippen LogP contribution is -2.58. The Balaban J connectivity index is 1.80. The number of para-hydroxylation sites is 1. The minimum atomic E-state index is 0.0838. The molecule has 19 heavy (non-hydrogen) atoms. The molecule has 1 aromatic rings. The molecule has 1 heterocycles. The van der Waals surface area contributed by atoms with Gasteiger partial charge in [-0.1, -0.05) is 18.2 Å². The highest BCUT2D eigenvalue weighted by Crippen LogP contribution is 2.16. The van der Waals surface area contributed by atoms with E-state index in [0.717, 1.165) is 31.9 Å². The number of anilines is 1. The van der Waals surface area contributed by atoms with Crippen molar-refractivity contribution in [1.29, 1.82) is 0 Å². The topological polar surface area (TPSA) is 44.4 Å². The number of nitrogens with one attached hydrogen (secondary N) is 2. The number of benzene rings is 1. The first-order chi connectivity index (χ1) is 9.08. The van der Waals surface area contributed by atoms with Gasteiger partial charge in [-0.2, -0.15) is 0 Å². The number of carbonyl (C=O) groups excluding carboxylic acids is 1. The highest BCUT2D eigenvalue weighted by molar-refractivity contribution is 5.90. The van der Waals surface area contributed by atoms with Gasteiger partial charge in [-0.15, -0.1) is 0 Å². The monoisotopic (exact) mass is 261 g/mol. The molecule has 104 valence electrons. The van der Waals surface area contributed by atoms with E-state index in [1.54, 1.807) is 0 Å². The highest BCUT2D eigenvalue weighted by Gasteiger charge is 2.29. The smallest absolute Gasteiger partial charge is 0.225 e. The molecule has 4 nitrogen and oxygen atoms in total. The third-order valence-corrected chi connectivity index (χ3v) is 3.64. The van der Waals surface area contributed by atoms with Gasteiger partial charge < -0.3 is 10.6 Å². The van der Waals surface area contributed by atoms with E-state index >= 15 is 0 Å². The molecule has 1 aromatic carbocycles. The largest absolute Gasteiger partial charge is 0.326 e. The number of amides is 1. The average Bonchev–Trinajstić information content (AvgIpc) is 2.38. The van der Waals surface area contributed by atoms with E-state index in [1.165, 1.54) is 0 Å². The van der Waals surface area contributed by atoms with E-state index < -0.39 is 0 Å². The van der Waals surface area contributed by atoms with E-state index in [1.807, 2.05) is 30.3 Å². The van der Waals surface area contributed by atoms with Crippen molar-refractivity contribution in [2.24, 2.45) is 0 Å². The van der Waals surface area contributed by atoms with Gasteiger partial charge in [0.25, 0.3) is 0 Å². The molecular formula is C15H23N3O. The van der Waals surface area contributed by atoms with Gasteiger partial charge in [0.05, 0.1) is 0 Å². The van der Waals surface area contributed by atoms with Crippen LogP contribution in [0.4, 0.5) is 5.69 Å². The summed E-state index contributed by atoms with van der Waals surface area (Å²) >= 11 is 0. The summed E-state index contributed by atoms with van der Waals surface area (Å²) in [6.07, 6.45) is 0.540. The predicted molar refractivity (Wildman–Crippen MR) is 78.2 cm³/mol. The first-order valence-corrected chi connectivity index (χ1v) is 6.89. The molecule has 1 saturated heterocycles. The summed E-state index contributed by atoms with van der Waals surface area (Å²) in [6, 6.07) is 9.61. The molecule has 0 aliphatic carbocycles. The van der Waals surface area contributed by atoms with Crippen LogP contribution >= 0.6 is 0 Å². The third kappa shape index (κ3) is 4.04. The Labute approximate surface area is 115 Å². The maximum atomic E-state index is 11.9. The van der Waals surface area contributed by atoms with Gasteiger partial charge in [0.1, 0.15) is 0 Å². The predicted octanol–water partition coefficient (Wildman–Crippen LogP) is 1.70. The minimum absolute atomic E-state index is 0.0838. The zero-order valence-corrected chi connectivity index (χ0v) is 11.8. The zero-order valence-electron chi connectivity index (χ0n) is 11.8. The van der Waals surface area contributed by atoms with Crippen LogP contribution in [-0.4, -0.2) is 42.5 Å². The van der Waals surface area contributed by atoms with Crippen LogP contribution in [0.2, 0.25) is 0 Å². The van der Waals surface area contributed by atoms with Crippen LogP contribution in [0.3, 0.4) is 0 Å². The van der Waals surface area contributed by atoms with Gasteiger partial charge in [0.15, 0.2) is 0 Å². The summed E-state index contributed by atoms with van der Waals surface area (Å²) < 4.78 is 0. The average molecular weight is 261 g/mol. The number of carbonyl (C=O) groups is 1.